The molecule has 0 unspecified atom stereocenters. The fraction of sp³-hybridized carbons (Fsp3) is 0.632. The Hall–Kier alpha value is -1.55. The maximum Gasteiger partial charge on any atom is 0.191 e. The van der Waals surface area contributed by atoms with Crippen LogP contribution >= 0.6 is 0 Å². The average molecular weight is 317 g/mol. The fourth-order valence-electron chi connectivity index (χ4n) is 2.94. The van der Waals surface area contributed by atoms with E-state index in [2.05, 4.69) is 27.8 Å². The second-order valence-electron chi connectivity index (χ2n) is 6.22. The lowest BCUT2D eigenvalue weighted by atomic mass is 9.96. The van der Waals surface area contributed by atoms with Crippen LogP contribution in [0.2, 0.25) is 0 Å². The summed E-state index contributed by atoms with van der Waals surface area (Å²) in [5.74, 6) is 0.946. The number of benzene rings is 1. The molecule has 1 aliphatic rings. The minimum atomic E-state index is 0.601. The zero-order chi connectivity index (χ0) is 16.2. The van der Waals surface area contributed by atoms with Gasteiger partial charge in [-0.15, -0.1) is 0 Å². The maximum atomic E-state index is 5.70. The lowest BCUT2D eigenvalue weighted by Crippen LogP contribution is -2.44. The number of hydrogen-bond acceptors (Lipinski definition) is 2. The number of hydrogen-bond donors (Lipinski definition) is 2. The predicted octanol–water partition coefficient (Wildman–Crippen LogP) is 3.48. The third-order valence-corrected chi connectivity index (χ3v) is 4.29. The molecule has 1 aromatic carbocycles. The van der Waals surface area contributed by atoms with Crippen molar-refractivity contribution < 1.29 is 4.74 Å². The molecule has 128 valence electrons. The van der Waals surface area contributed by atoms with Crippen molar-refractivity contribution in [3.05, 3.63) is 35.9 Å². The first-order valence-electron chi connectivity index (χ1n) is 8.97. The number of ether oxygens (including phenoxy) is 1. The van der Waals surface area contributed by atoms with Crippen LogP contribution < -0.4 is 10.6 Å². The van der Waals surface area contributed by atoms with Crippen LogP contribution in [0.5, 0.6) is 0 Å². The first kappa shape index (κ1) is 17.8. The molecular weight excluding hydrogens is 286 g/mol. The molecule has 0 spiro atoms. The molecule has 2 rings (SSSR count). The smallest absolute Gasteiger partial charge is 0.191 e. The van der Waals surface area contributed by atoms with Crippen LogP contribution in [0.15, 0.2) is 35.3 Å². The van der Waals surface area contributed by atoms with E-state index in [1.165, 1.54) is 37.7 Å². The Morgan fingerprint density at radius 1 is 1.13 bits per heavy atom. The van der Waals surface area contributed by atoms with Gasteiger partial charge in [0.1, 0.15) is 0 Å². The zero-order valence-corrected chi connectivity index (χ0v) is 14.4. The molecule has 1 saturated carbocycles. The highest BCUT2D eigenvalue weighted by molar-refractivity contribution is 5.79. The van der Waals surface area contributed by atoms with Crippen LogP contribution in [0.25, 0.3) is 0 Å². The molecule has 23 heavy (non-hydrogen) atoms. The van der Waals surface area contributed by atoms with Gasteiger partial charge in [0.05, 0.1) is 6.61 Å². The fourth-order valence-corrected chi connectivity index (χ4v) is 2.94. The van der Waals surface area contributed by atoms with Gasteiger partial charge in [0, 0.05) is 26.2 Å². The van der Waals surface area contributed by atoms with Crippen molar-refractivity contribution in [3.63, 3.8) is 0 Å². The zero-order valence-electron chi connectivity index (χ0n) is 14.4. The molecule has 0 saturated heterocycles. The van der Waals surface area contributed by atoms with Crippen molar-refractivity contribution in [2.75, 3.05) is 20.2 Å². The molecule has 2 N–H and O–H groups in total. The van der Waals surface area contributed by atoms with E-state index in [1.807, 2.05) is 25.2 Å². The Labute approximate surface area is 140 Å². The molecule has 0 aliphatic heterocycles. The van der Waals surface area contributed by atoms with Gasteiger partial charge >= 0.3 is 0 Å². The first-order chi connectivity index (χ1) is 11.4. The van der Waals surface area contributed by atoms with Crippen LogP contribution in [-0.2, 0) is 11.3 Å². The highest BCUT2D eigenvalue weighted by atomic mass is 16.5. The Bertz CT molecular complexity index is 441. The van der Waals surface area contributed by atoms with E-state index in [0.717, 1.165) is 32.0 Å². The van der Waals surface area contributed by atoms with E-state index in [9.17, 15) is 0 Å². The van der Waals surface area contributed by atoms with E-state index in [4.69, 9.17) is 4.74 Å². The molecule has 1 aromatic rings. The maximum absolute atomic E-state index is 5.70. The van der Waals surface area contributed by atoms with Crippen molar-refractivity contribution in [2.45, 2.75) is 57.6 Å². The molecule has 0 atom stereocenters. The van der Waals surface area contributed by atoms with Gasteiger partial charge < -0.3 is 15.4 Å². The van der Waals surface area contributed by atoms with Crippen molar-refractivity contribution in [3.8, 4) is 0 Å². The van der Waals surface area contributed by atoms with Gasteiger partial charge in [0.15, 0.2) is 5.96 Å². The van der Waals surface area contributed by atoms with Crippen LogP contribution in [0.3, 0.4) is 0 Å². The van der Waals surface area contributed by atoms with E-state index >= 15 is 0 Å². The Morgan fingerprint density at radius 2 is 1.91 bits per heavy atom. The Balaban J connectivity index is 1.48. The van der Waals surface area contributed by atoms with E-state index < -0.39 is 0 Å². The number of unbranched alkanes of at least 4 members (excludes halogenated alkanes) is 1. The summed E-state index contributed by atoms with van der Waals surface area (Å²) in [7, 11) is 1.85. The number of aliphatic imine (C=N–C) groups is 1. The molecule has 0 bridgehead atoms. The van der Waals surface area contributed by atoms with Gasteiger partial charge in [0.2, 0.25) is 0 Å². The normalized spacial score (nSPS) is 16.3. The molecule has 0 amide bonds. The minimum Gasteiger partial charge on any atom is -0.377 e. The number of nitrogens with zero attached hydrogens (tertiary/aromatic N) is 1. The molecule has 4 nitrogen and oxygen atoms in total. The van der Waals surface area contributed by atoms with Crippen LogP contribution in [0.1, 0.15) is 50.5 Å². The second kappa shape index (κ2) is 11.1. The van der Waals surface area contributed by atoms with Crippen molar-refractivity contribution in [2.24, 2.45) is 4.99 Å². The summed E-state index contributed by atoms with van der Waals surface area (Å²) in [6.45, 7) is 2.46. The third-order valence-electron chi connectivity index (χ3n) is 4.29. The summed E-state index contributed by atoms with van der Waals surface area (Å²) in [6.07, 6.45) is 8.77. The van der Waals surface area contributed by atoms with Crippen LogP contribution in [0, 0.1) is 0 Å². The predicted molar refractivity (Wildman–Crippen MR) is 96.7 cm³/mol. The van der Waals surface area contributed by atoms with Gasteiger partial charge in [-0.25, -0.2) is 0 Å². The Kier molecular flexibility index (Phi) is 8.56. The second-order valence-corrected chi connectivity index (χ2v) is 6.22. The van der Waals surface area contributed by atoms with Crippen molar-refractivity contribution >= 4 is 5.96 Å². The van der Waals surface area contributed by atoms with Gasteiger partial charge in [-0.05, 0) is 31.2 Å². The lowest BCUT2D eigenvalue weighted by molar-refractivity contribution is 0.117. The summed E-state index contributed by atoms with van der Waals surface area (Å²) in [6, 6.07) is 10.9. The van der Waals surface area contributed by atoms with Crippen LogP contribution in [-0.4, -0.2) is 32.2 Å². The minimum absolute atomic E-state index is 0.601. The van der Waals surface area contributed by atoms with E-state index in [-0.39, 0.29) is 0 Å². The molecule has 0 radical (unpaired) electrons. The molecule has 0 heterocycles. The van der Waals surface area contributed by atoms with E-state index in [1.54, 1.807) is 0 Å². The van der Waals surface area contributed by atoms with Crippen molar-refractivity contribution in [1.29, 1.82) is 0 Å². The molecule has 0 aromatic heterocycles. The largest absolute Gasteiger partial charge is 0.377 e. The highest BCUT2D eigenvalue weighted by Gasteiger charge is 2.13. The molecule has 1 fully saturated rings. The first-order valence-corrected chi connectivity index (χ1v) is 8.97. The van der Waals surface area contributed by atoms with Crippen molar-refractivity contribution in [1.82, 2.24) is 10.6 Å². The molecule has 1 aliphatic carbocycles. The summed E-state index contributed by atoms with van der Waals surface area (Å²) >= 11 is 0. The van der Waals surface area contributed by atoms with Crippen LogP contribution in [0.4, 0.5) is 0 Å². The quantitative estimate of drug-likeness (QED) is 0.438. The number of nitrogens with one attached hydrogen (secondary N) is 2. The molecular formula is C19H31N3O. The molecule has 4 heteroatoms. The average Bonchev–Trinajstić information content (AvgIpc) is 2.61. The summed E-state index contributed by atoms with van der Waals surface area (Å²) < 4.78 is 5.70. The van der Waals surface area contributed by atoms with Gasteiger partial charge in [-0.1, -0.05) is 49.6 Å². The summed E-state index contributed by atoms with van der Waals surface area (Å²) in [5, 5.41) is 6.95. The topological polar surface area (TPSA) is 45.7 Å². The van der Waals surface area contributed by atoms with Gasteiger partial charge in [-0.3, -0.25) is 4.99 Å². The Morgan fingerprint density at radius 3 is 2.65 bits per heavy atom. The monoisotopic (exact) mass is 317 g/mol. The third kappa shape index (κ3) is 7.51. The standard InChI is InChI=1S/C19H31N3O/c1-20-19(22-18-12-6-3-7-13-18)21-14-8-9-15-23-16-17-10-4-2-5-11-17/h2,4-5,10-11,18H,3,6-9,12-16H2,1H3,(H2,20,21,22). The SMILES string of the molecule is CN=C(NCCCCOCc1ccccc1)NC1CCCCC1. The summed E-state index contributed by atoms with van der Waals surface area (Å²) in [4.78, 5) is 4.32. The summed E-state index contributed by atoms with van der Waals surface area (Å²) in [5.41, 5.74) is 1.24. The number of guanidine groups is 1. The van der Waals surface area contributed by atoms with Gasteiger partial charge in [-0.2, -0.15) is 0 Å². The lowest BCUT2D eigenvalue weighted by Gasteiger charge is -2.24. The van der Waals surface area contributed by atoms with E-state index in [0.29, 0.717) is 12.6 Å². The highest BCUT2D eigenvalue weighted by Crippen LogP contribution is 2.17. The number of rotatable bonds is 8. The van der Waals surface area contributed by atoms with Gasteiger partial charge in [0.25, 0.3) is 0 Å².